The molecule has 0 N–H and O–H groups in total. The van der Waals surface area contributed by atoms with Gasteiger partial charge < -0.3 is 14.5 Å². The lowest BCUT2D eigenvalue weighted by Crippen LogP contribution is -2.12. The van der Waals surface area contributed by atoms with Gasteiger partial charge in [-0.15, -0.1) is 0 Å². The Hall–Kier alpha value is -0.0100. The normalized spacial score (nSPS) is 30.9. The number of ether oxygens (including phenoxy) is 1. The van der Waals surface area contributed by atoms with Crippen LogP contribution in [-0.2, 0) is 24.6 Å². The summed E-state index contributed by atoms with van der Waals surface area (Å²) in [6.45, 7) is 0.801. The molecule has 1 aliphatic rings. The van der Waals surface area contributed by atoms with Crippen LogP contribution < -0.4 is 0 Å². The maximum Gasteiger partial charge on any atom is 0.287 e. The van der Waals surface area contributed by atoms with Crippen LogP contribution in [0.3, 0.4) is 0 Å². The molecule has 0 bridgehead atoms. The molecular weight excluding hydrogens is 146 g/mol. The van der Waals surface area contributed by atoms with Crippen LogP contribution in [0.15, 0.2) is 0 Å². The van der Waals surface area contributed by atoms with E-state index in [-0.39, 0.29) is 13.3 Å². The van der Waals surface area contributed by atoms with Crippen LogP contribution >= 0.6 is 0 Å². The standard InChI is InChI=1S/C3H6NO4S/c5-9-7-2-1-6-3-4-8-9/h1-3H2/q-1. The highest BCUT2D eigenvalue weighted by molar-refractivity contribution is 7.75. The van der Waals surface area contributed by atoms with Crippen LogP contribution in [-0.4, -0.2) is 24.2 Å². The minimum atomic E-state index is -1.72. The Morgan fingerprint density at radius 1 is 1.44 bits per heavy atom. The number of hydrogen-bond acceptors (Lipinski definition) is 4. The molecule has 1 rings (SSSR count). The Morgan fingerprint density at radius 2 is 2.33 bits per heavy atom. The highest BCUT2D eigenvalue weighted by Crippen LogP contribution is 2.00. The van der Waals surface area contributed by atoms with E-state index in [4.69, 9.17) is 4.74 Å². The molecule has 9 heavy (non-hydrogen) atoms. The van der Waals surface area contributed by atoms with Crippen LogP contribution in [0.1, 0.15) is 0 Å². The Bertz CT molecular complexity index is 98.0. The van der Waals surface area contributed by atoms with Crippen molar-refractivity contribution in [1.82, 2.24) is 0 Å². The van der Waals surface area contributed by atoms with Gasteiger partial charge in [-0.05, 0) is 6.73 Å². The van der Waals surface area contributed by atoms with E-state index in [1.807, 2.05) is 0 Å². The van der Waals surface area contributed by atoms with Gasteiger partial charge in [0, 0.05) is 0 Å². The first-order valence-corrected chi connectivity index (χ1v) is 3.36. The third-order valence-electron chi connectivity index (χ3n) is 0.665. The zero-order chi connectivity index (χ0) is 6.53. The molecule has 0 aromatic carbocycles. The SMILES string of the molecule is O=S1OCCOC[N-]O1. The third-order valence-corrected chi connectivity index (χ3v) is 1.25. The molecule has 0 aliphatic carbocycles. The summed E-state index contributed by atoms with van der Waals surface area (Å²) in [7, 11) is 0. The number of nitrogens with zero attached hydrogens (tertiary/aromatic N) is 1. The minimum Gasteiger partial charge on any atom is -0.494 e. The van der Waals surface area contributed by atoms with E-state index in [1.165, 1.54) is 0 Å². The third kappa shape index (κ3) is 2.87. The first-order valence-electron chi connectivity index (χ1n) is 2.36. The van der Waals surface area contributed by atoms with E-state index < -0.39 is 11.4 Å². The number of hydrogen-bond donors (Lipinski definition) is 0. The monoisotopic (exact) mass is 152 g/mol. The molecule has 1 saturated heterocycles. The molecule has 0 aromatic rings. The predicted octanol–water partition coefficient (Wildman–Crippen LogP) is -0.125. The van der Waals surface area contributed by atoms with Gasteiger partial charge in [0.15, 0.2) is 0 Å². The molecule has 0 aromatic heterocycles. The highest BCUT2D eigenvalue weighted by Gasteiger charge is 1.96. The van der Waals surface area contributed by atoms with Gasteiger partial charge in [0.1, 0.15) is 0 Å². The van der Waals surface area contributed by atoms with Gasteiger partial charge in [0.25, 0.3) is 11.4 Å². The fourth-order valence-corrected chi connectivity index (χ4v) is 0.725. The van der Waals surface area contributed by atoms with Gasteiger partial charge in [-0.2, -0.15) is 4.21 Å². The van der Waals surface area contributed by atoms with Crippen molar-refractivity contribution in [2.24, 2.45) is 0 Å². The van der Waals surface area contributed by atoms with E-state index in [0.717, 1.165) is 0 Å². The van der Waals surface area contributed by atoms with Gasteiger partial charge in [0.05, 0.1) is 13.2 Å². The molecule has 0 spiro atoms. The molecule has 0 saturated carbocycles. The van der Waals surface area contributed by atoms with Crippen LogP contribution in [0.5, 0.6) is 0 Å². The van der Waals surface area contributed by atoms with Gasteiger partial charge in [-0.25, -0.2) is 0 Å². The quantitative estimate of drug-likeness (QED) is 0.485. The van der Waals surface area contributed by atoms with Gasteiger partial charge >= 0.3 is 0 Å². The van der Waals surface area contributed by atoms with E-state index in [9.17, 15) is 4.21 Å². The van der Waals surface area contributed by atoms with E-state index >= 15 is 0 Å². The molecule has 0 amide bonds. The van der Waals surface area contributed by atoms with Crippen molar-refractivity contribution in [3.05, 3.63) is 5.48 Å². The van der Waals surface area contributed by atoms with Crippen LogP contribution in [0, 0.1) is 0 Å². The maximum atomic E-state index is 10.4. The summed E-state index contributed by atoms with van der Waals surface area (Å²) < 4.78 is 23.9. The Balaban J connectivity index is 2.20. The summed E-state index contributed by atoms with van der Waals surface area (Å²) in [6, 6.07) is 0. The molecule has 54 valence electrons. The average molecular weight is 152 g/mol. The molecule has 5 nitrogen and oxygen atoms in total. The van der Waals surface area contributed by atoms with E-state index in [2.05, 4.69) is 13.9 Å². The van der Waals surface area contributed by atoms with Crippen LogP contribution in [0.25, 0.3) is 5.48 Å². The molecule has 1 atom stereocenters. The Labute approximate surface area is 55.1 Å². The molecule has 6 heteroatoms. The van der Waals surface area contributed by atoms with Gasteiger partial charge in [-0.3, -0.25) is 4.18 Å². The lowest BCUT2D eigenvalue weighted by molar-refractivity contribution is 0.0834. The summed E-state index contributed by atoms with van der Waals surface area (Å²) in [5, 5.41) is 0. The van der Waals surface area contributed by atoms with Crippen molar-refractivity contribution in [3.63, 3.8) is 0 Å². The average Bonchev–Trinajstić information content (AvgIpc) is 1.79. The molecule has 1 fully saturated rings. The smallest absolute Gasteiger partial charge is 0.287 e. The number of hydroxylamine groups is 1. The topological polar surface area (TPSA) is 58.9 Å². The fourth-order valence-electron chi connectivity index (χ4n) is 0.349. The number of rotatable bonds is 0. The van der Waals surface area contributed by atoms with Crippen molar-refractivity contribution in [2.75, 3.05) is 19.9 Å². The Morgan fingerprint density at radius 3 is 3.22 bits per heavy atom. The van der Waals surface area contributed by atoms with Crippen LogP contribution in [0.4, 0.5) is 0 Å². The second-order valence-electron chi connectivity index (χ2n) is 1.27. The summed E-state index contributed by atoms with van der Waals surface area (Å²) in [6.07, 6.45) is 0. The van der Waals surface area contributed by atoms with Crippen molar-refractivity contribution >= 4 is 11.4 Å². The zero-order valence-electron chi connectivity index (χ0n) is 4.61. The second-order valence-corrected chi connectivity index (χ2v) is 2.06. The first kappa shape index (κ1) is 7.10. The van der Waals surface area contributed by atoms with Crippen molar-refractivity contribution in [1.29, 1.82) is 0 Å². The summed E-state index contributed by atoms with van der Waals surface area (Å²) in [4.78, 5) is 0. The van der Waals surface area contributed by atoms with E-state index in [0.29, 0.717) is 6.61 Å². The molecule has 1 aliphatic heterocycles. The summed E-state index contributed by atoms with van der Waals surface area (Å²) in [5.41, 5.74) is 3.26. The molecular formula is C3H6NO4S-. The molecule has 1 unspecified atom stereocenters. The van der Waals surface area contributed by atoms with Gasteiger partial charge in [-0.1, -0.05) is 0 Å². The minimum absolute atomic E-state index is 0.120. The van der Waals surface area contributed by atoms with Crippen molar-refractivity contribution < 1.29 is 17.4 Å². The largest absolute Gasteiger partial charge is 0.494 e. The highest BCUT2D eigenvalue weighted by atomic mass is 32.2. The summed E-state index contributed by atoms with van der Waals surface area (Å²) in [5.74, 6) is 0. The lowest BCUT2D eigenvalue weighted by atomic mass is 10.8. The van der Waals surface area contributed by atoms with Crippen molar-refractivity contribution in [2.45, 2.75) is 0 Å². The van der Waals surface area contributed by atoms with Crippen LogP contribution in [0.2, 0.25) is 0 Å². The Kier molecular flexibility index (Phi) is 3.09. The lowest BCUT2D eigenvalue weighted by Gasteiger charge is -2.21. The molecule has 0 radical (unpaired) electrons. The fraction of sp³-hybridized carbons (Fsp3) is 1.00. The zero-order valence-corrected chi connectivity index (χ0v) is 5.43. The second kappa shape index (κ2) is 3.91. The predicted molar refractivity (Wildman–Crippen MR) is 29.4 cm³/mol. The first-order chi connectivity index (χ1) is 4.39. The summed E-state index contributed by atoms with van der Waals surface area (Å²) >= 11 is -1.72. The molecule has 1 heterocycles. The maximum absolute atomic E-state index is 10.4. The van der Waals surface area contributed by atoms with Gasteiger partial charge in [0.2, 0.25) is 0 Å². The van der Waals surface area contributed by atoms with E-state index in [1.54, 1.807) is 0 Å². The van der Waals surface area contributed by atoms with Crippen molar-refractivity contribution in [3.8, 4) is 0 Å².